The Morgan fingerprint density at radius 3 is 2.53 bits per heavy atom. The van der Waals surface area contributed by atoms with Crippen LogP contribution in [0.25, 0.3) is 0 Å². The summed E-state index contributed by atoms with van der Waals surface area (Å²) in [6.07, 6.45) is -2.39. The maximum atomic E-state index is 13.1. The molecule has 8 heteroatoms. The second kappa shape index (κ2) is 8.02. The highest BCUT2D eigenvalue weighted by Gasteiger charge is 2.32. The zero-order chi connectivity index (χ0) is 21.3. The molecule has 0 fully saturated rings. The molecule has 2 heterocycles. The van der Waals surface area contributed by atoms with Gasteiger partial charge in [-0.05, 0) is 60.2 Å². The fourth-order valence-corrected chi connectivity index (χ4v) is 4.02. The lowest BCUT2D eigenvalue weighted by Gasteiger charge is -2.39. The molecule has 0 amide bonds. The van der Waals surface area contributed by atoms with Crippen LogP contribution in [0.2, 0.25) is 0 Å². The second-order valence-electron chi connectivity index (χ2n) is 7.00. The molecule has 1 N–H and O–H groups in total. The van der Waals surface area contributed by atoms with Crippen LogP contribution in [-0.4, -0.2) is 28.2 Å². The van der Waals surface area contributed by atoms with Crippen LogP contribution in [0.15, 0.2) is 66.9 Å². The second-order valence-corrected chi connectivity index (χ2v) is 7.39. The molecule has 0 spiro atoms. The van der Waals surface area contributed by atoms with Gasteiger partial charge in [-0.15, -0.1) is 0 Å². The van der Waals surface area contributed by atoms with Crippen LogP contribution in [0.3, 0.4) is 0 Å². The zero-order valence-corrected chi connectivity index (χ0v) is 17.0. The predicted octanol–water partition coefficient (Wildman–Crippen LogP) is 5.32. The molecular weight excluding hydrogens is 411 g/mol. The van der Waals surface area contributed by atoms with Crippen molar-refractivity contribution in [2.75, 3.05) is 19.0 Å². The van der Waals surface area contributed by atoms with E-state index in [2.05, 4.69) is 9.88 Å². The van der Waals surface area contributed by atoms with Gasteiger partial charge in [0.1, 0.15) is 5.75 Å². The normalized spacial score (nSPS) is 16.1. The number of halogens is 3. The van der Waals surface area contributed by atoms with Gasteiger partial charge in [0.2, 0.25) is 0 Å². The Balaban J connectivity index is 1.64. The van der Waals surface area contributed by atoms with Gasteiger partial charge in [-0.3, -0.25) is 0 Å². The van der Waals surface area contributed by atoms with E-state index >= 15 is 0 Å². The van der Waals surface area contributed by atoms with E-state index in [1.54, 1.807) is 13.2 Å². The largest absolute Gasteiger partial charge is 0.497 e. The SMILES string of the molecule is COc1ccc([C@@H]2c3cccn3CCN2C(=S)Nc2cccc(C(F)(F)F)c2)cc1. The smallest absolute Gasteiger partial charge is 0.416 e. The van der Waals surface area contributed by atoms with E-state index in [1.807, 2.05) is 47.5 Å². The fourth-order valence-electron chi connectivity index (χ4n) is 3.71. The highest BCUT2D eigenvalue weighted by atomic mass is 32.1. The molecule has 3 aromatic rings. The van der Waals surface area contributed by atoms with Crippen LogP contribution < -0.4 is 10.1 Å². The van der Waals surface area contributed by atoms with Gasteiger partial charge in [-0.1, -0.05) is 18.2 Å². The molecule has 156 valence electrons. The number of nitrogens with one attached hydrogen (secondary N) is 1. The Bertz CT molecular complexity index is 1050. The van der Waals surface area contributed by atoms with Crippen molar-refractivity contribution in [2.45, 2.75) is 18.8 Å². The highest BCUT2D eigenvalue weighted by Crippen LogP contribution is 2.34. The summed E-state index contributed by atoms with van der Waals surface area (Å²) in [4.78, 5) is 2.01. The molecule has 0 saturated heterocycles. The van der Waals surface area contributed by atoms with Crippen molar-refractivity contribution >= 4 is 23.0 Å². The molecule has 1 atom stereocenters. The number of anilines is 1. The number of fused-ring (bicyclic) bond motifs is 1. The first kappa shape index (κ1) is 20.3. The van der Waals surface area contributed by atoms with E-state index in [9.17, 15) is 13.2 Å². The van der Waals surface area contributed by atoms with E-state index in [0.717, 1.165) is 35.7 Å². The average molecular weight is 431 g/mol. The molecule has 0 radical (unpaired) electrons. The summed E-state index contributed by atoms with van der Waals surface area (Å²) in [6, 6.07) is 16.7. The van der Waals surface area contributed by atoms with E-state index in [1.165, 1.54) is 6.07 Å². The number of methoxy groups -OCH3 is 1. The summed E-state index contributed by atoms with van der Waals surface area (Å²) in [5.74, 6) is 0.751. The van der Waals surface area contributed by atoms with Gasteiger partial charge in [0.25, 0.3) is 0 Å². The van der Waals surface area contributed by atoms with Gasteiger partial charge >= 0.3 is 6.18 Å². The Morgan fingerprint density at radius 1 is 1.07 bits per heavy atom. The van der Waals surface area contributed by atoms with Crippen molar-refractivity contribution in [1.82, 2.24) is 9.47 Å². The van der Waals surface area contributed by atoms with Crippen LogP contribution >= 0.6 is 12.2 Å². The lowest BCUT2D eigenvalue weighted by Crippen LogP contribution is -2.44. The molecule has 4 rings (SSSR count). The van der Waals surface area contributed by atoms with Crippen LogP contribution in [0, 0.1) is 0 Å². The minimum absolute atomic E-state index is 0.162. The Hall–Kier alpha value is -3.00. The number of thiocarbonyl (C=S) groups is 1. The highest BCUT2D eigenvalue weighted by molar-refractivity contribution is 7.80. The average Bonchev–Trinajstić information content (AvgIpc) is 3.21. The molecule has 0 unspecified atom stereocenters. The van der Waals surface area contributed by atoms with Crippen LogP contribution in [0.4, 0.5) is 18.9 Å². The fraction of sp³-hybridized carbons (Fsp3) is 0.227. The summed E-state index contributed by atoms with van der Waals surface area (Å²) in [5.41, 5.74) is 1.68. The topological polar surface area (TPSA) is 29.4 Å². The Kier molecular flexibility index (Phi) is 5.42. The minimum atomic E-state index is -4.41. The van der Waals surface area contributed by atoms with Gasteiger partial charge in [0, 0.05) is 30.7 Å². The summed E-state index contributed by atoms with van der Waals surface area (Å²) < 4.78 is 46.6. The minimum Gasteiger partial charge on any atom is -0.497 e. The van der Waals surface area contributed by atoms with Crippen LogP contribution in [0.1, 0.15) is 22.9 Å². The number of aromatic nitrogens is 1. The number of benzene rings is 2. The van der Waals surface area contributed by atoms with Crippen molar-refractivity contribution in [3.8, 4) is 5.75 Å². The Labute approximate surface area is 177 Å². The molecule has 1 aromatic heterocycles. The summed E-state index contributed by atoms with van der Waals surface area (Å²) in [6.45, 7) is 1.36. The van der Waals surface area contributed by atoms with Gasteiger partial charge in [-0.2, -0.15) is 13.2 Å². The number of alkyl halides is 3. The lowest BCUT2D eigenvalue weighted by atomic mass is 10.00. The first-order valence-corrected chi connectivity index (χ1v) is 9.81. The maximum absolute atomic E-state index is 13.1. The molecule has 4 nitrogen and oxygen atoms in total. The first-order chi connectivity index (χ1) is 14.4. The molecule has 30 heavy (non-hydrogen) atoms. The number of nitrogens with zero attached hydrogens (tertiary/aromatic N) is 2. The first-order valence-electron chi connectivity index (χ1n) is 9.40. The zero-order valence-electron chi connectivity index (χ0n) is 16.2. The molecule has 1 aliphatic rings. The lowest BCUT2D eigenvalue weighted by molar-refractivity contribution is -0.137. The van der Waals surface area contributed by atoms with Gasteiger partial charge in [0.05, 0.1) is 18.7 Å². The monoisotopic (exact) mass is 431 g/mol. The third-order valence-corrected chi connectivity index (χ3v) is 5.51. The van der Waals surface area contributed by atoms with E-state index in [-0.39, 0.29) is 6.04 Å². The molecule has 0 bridgehead atoms. The quantitative estimate of drug-likeness (QED) is 0.569. The summed E-state index contributed by atoms with van der Waals surface area (Å²) >= 11 is 5.62. The van der Waals surface area contributed by atoms with Crippen molar-refractivity contribution in [1.29, 1.82) is 0 Å². The molecule has 0 saturated carbocycles. The summed E-state index contributed by atoms with van der Waals surface area (Å²) in [7, 11) is 1.61. The number of hydrogen-bond donors (Lipinski definition) is 1. The van der Waals surface area contributed by atoms with E-state index in [0.29, 0.717) is 17.3 Å². The van der Waals surface area contributed by atoms with Crippen LogP contribution in [-0.2, 0) is 12.7 Å². The number of ether oxygens (including phenoxy) is 1. The Morgan fingerprint density at radius 2 is 1.83 bits per heavy atom. The van der Waals surface area contributed by atoms with E-state index < -0.39 is 11.7 Å². The number of hydrogen-bond acceptors (Lipinski definition) is 2. The standard InChI is InChI=1S/C22H20F3N3OS/c1-29-18-9-7-15(8-10-18)20-19-6-3-11-27(19)12-13-28(20)21(30)26-17-5-2-4-16(14-17)22(23,24)25/h2-11,14,20H,12-13H2,1H3,(H,26,30)/t20-/m1/s1. The predicted molar refractivity (Wildman–Crippen MR) is 114 cm³/mol. The van der Waals surface area contributed by atoms with Gasteiger partial charge in [0.15, 0.2) is 5.11 Å². The maximum Gasteiger partial charge on any atom is 0.416 e. The molecule has 0 aliphatic carbocycles. The molecular formula is C22H20F3N3OS. The van der Waals surface area contributed by atoms with Crippen LogP contribution in [0.5, 0.6) is 5.75 Å². The van der Waals surface area contributed by atoms with Crippen molar-refractivity contribution in [2.24, 2.45) is 0 Å². The number of rotatable bonds is 3. The van der Waals surface area contributed by atoms with Crippen molar-refractivity contribution < 1.29 is 17.9 Å². The summed E-state index contributed by atoms with van der Waals surface area (Å²) in [5, 5.41) is 3.37. The third kappa shape index (κ3) is 4.00. The van der Waals surface area contributed by atoms with Gasteiger partial charge < -0.3 is 19.5 Å². The molecule has 1 aliphatic heterocycles. The van der Waals surface area contributed by atoms with Gasteiger partial charge in [-0.25, -0.2) is 0 Å². The van der Waals surface area contributed by atoms with Crippen molar-refractivity contribution in [3.05, 3.63) is 83.7 Å². The third-order valence-electron chi connectivity index (χ3n) is 5.17. The van der Waals surface area contributed by atoms with E-state index in [4.69, 9.17) is 17.0 Å². The molecule has 2 aromatic carbocycles. The van der Waals surface area contributed by atoms with Crippen molar-refractivity contribution in [3.63, 3.8) is 0 Å².